The minimum Gasteiger partial charge on any atom is -0.320 e. The van der Waals surface area contributed by atoms with Crippen molar-refractivity contribution in [3.63, 3.8) is 0 Å². The Kier molecular flexibility index (Phi) is 4.35. The van der Waals surface area contributed by atoms with Gasteiger partial charge in [-0.05, 0) is 50.1 Å². The van der Waals surface area contributed by atoms with Crippen LogP contribution < -0.4 is 5.32 Å². The van der Waals surface area contributed by atoms with Gasteiger partial charge >= 0.3 is 0 Å². The summed E-state index contributed by atoms with van der Waals surface area (Å²) in [4.78, 5) is 12.7. The van der Waals surface area contributed by atoms with E-state index in [0.29, 0.717) is 11.3 Å². The Morgan fingerprint density at radius 1 is 1.00 bits per heavy atom. The van der Waals surface area contributed by atoms with E-state index < -0.39 is 0 Å². The normalized spacial score (nSPS) is 11.0. The first-order chi connectivity index (χ1) is 13.5. The van der Waals surface area contributed by atoms with Crippen LogP contribution in [0.5, 0.6) is 0 Å². The summed E-state index contributed by atoms with van der Waals surface area (Å²) in [6.45, 7) is 5.54. The monoisotopic (exact) mass is 375 g/mol. The minimum absolute atomic E-state index is 0.198. The fourth-order valence-corrected chi connectivity index (χ4v) is 3.17. The van der Waals surface area contributed by atoms with Crippen LogP contribution in [0.1, 0.15) is 27.4 Å². The van der Waals surface area contributed by atoms with Gasteiger partial charge < -0.3 is 5.32 Å². The SMILES string of the molecule is Cc1ccccc1NC(=O)c1nnc2c(-c3ccc(F)cc3)c(C)nn2c1C. The van der Waals surface area contributed by atoms with Crippen LogP contribution in [0, 0.1) is 26.6 Å². The van der Waals surface area contributed by atoms with E-state index in [0.717, 1.165) is 28.1 Å². The first-order valence-corrected chi connectivity index (χ1v) is 8.81. The third-order valence-corrected chi connectivity index (χ3v) is 4.68. The first-order valence-electron chi connectivity index (χ1n) is 8.81. The molecule has 0 aliphatic rings. The number of hydrogen-bond acceptors (Lipinski definition) is 4. The largest absolute Gasteiger partial charge is 0.320 e. The molecule has 2 aromatic heterocycles. The van der Waals surface area contributed by atoms with Crippen molar-refractivity contribution in [2.24, 2.45) is 0 Å². The number of fused-ring (bicyclic) bond motifs is 1. The standard InChI is InChI=1S/C21H18FN5O/c1-12-6-4-5-7-17(12)23-21(28)19-14(3)27-20(25-24-19)18(13(2)26-27)15-8-10-16(22)11-9-15/h4-11H,1-3H3,(H,23,28). The molecule has 4 aromatic rings. The van der Waals surface area contributed by atoms with Crippen LogP contribution in [0.3, 0.4) is 0 Å². The van der Waals surface area contributed by atoms with Crippen molar-refractivity contribution >= 4 is 17.2 Å². The molecule has 2 aromatic carbocycles. The lowest BCUT2D eigenvalue weighted by Gasteiger charge is -2.09. The molecule has 0 unspecified atom stereocenters. The first kappa shape index (κ1) is 17.8. The topological polar surface area (TPSA) is 72.2 Å². The molecule has 0 fully saturated rings. The highest BCUT2D eigenvalue weighted by Gasteiger charge is 2.20. The van der Waals surface area contributed by atoms with Crippen molar-refractivity contribution in [1.29, 1.82) is 0 Å². The molecule has 0 bridgehead atoms. The number of anilines is 1. The molecule has 7 heteroatoms. The van der Waals surface area contributed by atoms with Crippen molar-refractivity contribution in [2.45, 2.75) is 20.8 Å². The van der Waals surface area contributed by atoms with E-state index in [1.54, 1.807) is 23.6 Å². The van der Waals surface area contributed by atoms with Gasteiger partial charge in [0.1, 0.15) is 5.82 Å². The van der Waals surface area contributed by atoms with E-state index in [1.807, 2.05) is 38.1 Å². The van der Waals surface area contributed by atoms with Gasteiger partial charge in [0, 0.05) is 5.69 Å². The molecule has 2 heterocycles. The summed E-state index contributed by atoms with van der Waals surface area (Å²) < 4.78 is 14.9. The molecule has 1 N–H and O–H groups in total. The van der Waals surface area contributed by atoms with Gasteiger partial charge in [0.05, 0.1) is 17.0 Å². The molecule has 0 aliphatic carbocycles. The molecule has 0 spiro atoms. The second kappa shape index (κ2) is 6.84. The number of benzene rings is 2. The molecular weight excluding hydrogens is 357 g/mol. The van der Waals surface area contributed by atoms with Gasteiger partial charge in [0.2, 0.25) is 0 Å². The predicted molar refractivity (Wildman–Crippen MR) is 105 cm³/mol. The van der Waals surface area contributed by atoms with E-state index in [1.165, 1.54) is 12.1 Å². The zero-order valence-electron chi connectivity index (χ0n) is 15.7. The number of para-hydroxylation sites is 1. The molecule has 140 valence electrons. The maximum absolute atomic E-state index is 13.3. The van der Waals surface area contributed by atoms with E-state index in [2.05, 4.69) is 20.6 Å². The van der Waals surface area contributed by atoms with Crippen molar-refractivity contribution in [3.05, 3.63) is 77.0 Å². The molecule has 4 rings (SSSR count). The third kappa shape index (κ3) is 3.00. The number of nitrogens with zero attached hydrogens (tertiary/aromatic N) is 4. The number of hydrogen-bond donors (Lipinski definition) is 1. The van der Waals surface area contributed by atoms with E-state index in [-0.39, 0.29) is 17.4 Å². The number of aromatic nitrogens is 4. The predicted octanol–water partition coefficient (Wildman–Crippen LogP) is 4.11. The van der Waals surface area contributed by atoms with Gasteiger partial charge in [-0.2, -0.15) is 5.10 Å². The van der Waals surface area contributed by atoms with Crippen LogP contribution in [0.25, 0.3) is 16.8 Å². The Morgan fingerprint density at radius 3 is 2.43 bits per heavy atom. The average molecular weight is 375 g/mol. The summed E-state index contributed by atoms with van der Waals surface area (Å²) in [5.74, 6) is -0.659. The van der Waals surface area contributed by atoms with Crippen LogP contribution >= 0.6 is 0 Å². The second-order valence-electron chi connectivity index (χ2n) is 6.61. The lowest BCUT2D eigenvalue weighted by atomic mass is 10.1. The van der Waals surface area contributed by atoms with Crippen LogP contribution in [0.4, 0.5) is 10.1 Å². The molecule has 0 aliphatic heterocycles. The third-order valence-electron chi connectivity index (χ3n) is 4.68. The van der Waals surface area contributed by atoms with Crippen molar-refractivity contribution in [2.75, 3.05) is 5.32 Å². The highest BCUT2D eigenvalue weighted by Crippen LogP contribution is 2.28. The number of halogens is 1. The zero-order valence-corrected chi connectivity index (χ0v) is 15.7. The highest BCUT2D eigenvalue weighted by molar-refractivity contribution is 6.04. The molecule has 6 nitrogen and oxygen atoms in total. The Bertz CT molecular complexity index is 1200. The van der Waals surface area contributed by atoms with Gasteiger partial charge in [-0.25, -0.2) is 8.91 Å². The van der Waals surface area contributed by atoms with E-state index >= 15 is 0 Å². The smallest absolute Gasteiger partial charge is 0.278 e. The maximum atomic E-state index is 13.3. The number of nitrogens with one attached hydrogen (secondary N) is 1. The van der Waals surface area contributed by atoms with Crippen LogP contribution in [0.2, 0.25) is 0 Å². The summed E-state index contributed by atoms with van der Waals surface area (Å²) in [5, 5.41) is 15.8. The van der Waals surface area contributed by atoms with E-state index in [9.17, 15) is 9.18 Å². The summed E-state index contributed by atoms with van der Waals surface area (Å²) in [7, 11) is 0. The quantitative estimate of drug-likeness (QED) is 0.585. The lowest BCUT2D eigenvalue weighted by Crippen LogP contribution is -2.19. The molecular formula is C21H18FN5O. The average Bonchev–Trinajstić information content (AvgIpc) is 3.01. The van der Waals surface area contributed by atoms with E-state index in [4.69, 9.17) is 0 Å². The molecule has 0 saturated heterocycles. The number of carbonyl (C=O) groups is 1. The van der Waals surface area contributed by atoms with Crippen molar-refractivity contribution in [3.8, 4) is 11.1 Å². The minimum atomic E-state index is -0.349. The number of carbonyl (C=O) groups excluding carboxylic acids is 1. The number of rotatable bonds is 3. The Hall–Kier alpha value is -3.61. The molecule has 0 saturated carbocycles. The molecule has 0 radical (unpaired) electrons. The maximum Gasteiger partial charge on any atom is 0.278 e. The Balaban J connectivity index is 1.77. The summed E-state index contributed by atoms with van der Waals surface area (Å²) in [6, 6.07) is 13.7. The Morgan fingerprint density at radius 2 is 1.71 bits per heavy atom. The second-order valence-corrected chi connectivity index (χ2v) is 6.61. The van der Waals surface area contributed by atoms with Crippen LogP contribution in [0.15, 0.2) is 48.5 Å². The zero-order chi connectivity index (χ0) is 19.8. The summed E-state index contributed by atoms with van der Waals surface area (Å²) in [5.41, 5.74) is 5.25. The van der Waals surface area contributed by atoms with Gasteiger partial charge in [-0.3, -0.25) is 4.79 Å². The Labute approximate surface area is 161 Å². The number of amides is 1. The number of aryl methyl sites for hydroxylation is 3. The van der Waals surface area contributed by atoms with Crippen molar-refractivity contribution in [1.82, 2.24) is 19.8 Å². The van der Waals surface area contributed by atoms with Crippen LogP contribution in [-0.2, 0) is 0 Å². The van der Waals surface area contributed by atoms with Gasteiger partial charge in [-0.15, -0.1) is 10.2 Å². The lowest BCUT2D eigenvalue weighted by molar-refractivity contribution is 0.102. The molecule has 28 heavy (non-hydrogen) atoms. The fourth-order valence-electron chi connectivity index (χ4n) is 3.17. The fraction of sp³-hybridized carbons (Fsp3) is 0.143. The van der Waals surface area contributed by atoms with Crippen LogP contribution in [-0.4, -0.2) is 25.7 Å². The summed E-state index contributed by atoms with van der Waals surface area (Å²) >= 11 is 0. The van der Waals surface area contributed by atoms with Gasteiger partial charge in [-0.1, -0.05) is 30.3 Å². The van der Waals surface area contributed by atoms with Crippen molar-refractivity contribution < 1.29 is 9.18 Å². The van der Waals surface area contributed by atoms with Gasteiger partial charge in [0.25, 0.3) is 5.91 Å². The summed E-state index contributed by atoms with van der Waals surface area (Å²) in [6.07, 6.45) is 0. The van der Waals surface area contributed by atoms with Gasteiger partial charge in [0.15, 0.2) is 11.3 Å². The molecule has 0 atom stereocenters. The molecule has 1 amide bonds. The highest BCUT2D eigenvalue weighted by atomic mass is 19.1.